The Balaban J connectivity index is 1.57. The average molecular weight is 417 g/mol. The van der Waals surface area contributed by atoms with Gasteiger partial charge in [-0.25, -0.2) is 0 Å². The summed E-state index contributed by atoms with van der Waals surface area (Å²) in [6.07, 6.45) is 0.717. The molecule has 0 saturated heterocycles. The number of nitrogens with one attached hydrogen (secondary N) is 1. The third-order valence-electron chi connectivity index (χ3n) is 3.57. The van der Waals surface area contributed by atoms with E-state index in [1.807, 2.05) is 54.1 Å². The first kappa shape index (κ1) is 17.7. The first-order chi connectivity index (χ1) is 12.1. The fourth-order valence-corrected chi connectivity index (χ4v) is 3.43. The Kier molecular flexibility index (Phi) is 5.88. The van der Waals surface area contributed by atoms with Crippen LogP contribution in [0.2, 0.25) is 0 Å². The number of nitrogens with zero attached hydrogens (tertiary/aromatic N) is 3. The number of carbonyl (C=O) groups excluding carboxylic acids is 1. The summed E-state index contributed by atoms with van der Waals surface area (Å²) in [6.45, 7) is 0. The predicted octanol–water partition coefficient (Wildman–Crippen LogP) is 3.90. The Hall–Kier alpha value is -2.12. The standard InChI is InChI=1S/C18H17BrN4OS/c1-23-16(10-13-6-3-2-4-7-13)21-22-18(23)25-12-17(24)20-15-9-5-8-14(19)11-15/h2-9,11H,10,12H2,1H3,(H,20,24). The molecule has 0 spiro atoms. The van der Waals surface area contributed by atoms with Gasteiger partial charge >= 0.3 is 0 Å². The molecule has 1 aromatic heterocycles. The number of amides is 1. The molecular formula is C18H17BrN4OS. The van der Waals surface area contributed by atoms with E-state index in [1.165, 1.54) is 17.3 Å². The third-order valence-corrected chi connectivity index (χ3v) is 5.08. The summed E-state index contributed by atoms with van der Waals surface area (Å²) >= 11 is 4.76. The minimum Gasteiger partial charge on any atom is -0.325 e. The second kappa shape index (κ2) is 8.31. The molecule has 7 heteroatoms. The number of carbonyl (C=O) groups is 1. The predicted molar refractivity (Wildman–Crippen MR) is 104 cm³/mol. The monoisotopic (exact) mass is 416 g/mol. The molecule has 1 amide bonds. The normalized spacial score (nSPS) is 10.6. The van der Waals surface area contributed by atoms with E-state index in [4.69, 9.17) is 0 Å². The highest BCUT2D eigenvalue weighted by Crippen LogP contribution is 2.19. The van der Waals surface area contributed by atoms with Crippen molar-refractivity contribution in [2.24, 2.45) is 7.05 Å². The van der Waals surface area contributed by atoms with E-state index >= 15 is 0 Å². The second-order valence-electron chi connectivity index (χ2n) is 5.47. The molecule has 0 radical (unpaired) electrons. The van der Waals surface area contributed by atoms with Crippen LogP contribution in [-0.2, 0) is 18.3 Å². The van der Waals surface area contributed by atoms with Crippen LogP contribution < -0.4 is 5.32 Å². The highest BCUT2D eigenvalue weighted by atomic mass is 79.9. The van der Waals surface area contributed by atoms with E-state index in [0.29, 0.717) is 0 Å². The molecule has 1 N–H and O–H groups in total. The summed E-state index contributed by atoms with van der Waals surface area (Å²) < 4.78 is 2.86. The van der Waals surface area contributed by atoms with Crippen LogP contribution in [0.5, 0.6) is 0 Å². The van der Waals surface area contributed by atoms with Crippen molar-refractivity contribution in [1.29, 1.82) is 0 Å². The number of rotatable bonds is 6. The largest absolute Gasteiger partial charge is 0.325 e. The lowest BCUT2D eigenvalue weighted by Gasteiger charge is -2.06. The number of aromatic nitrogens is 3. The van der Waals surface area contributed by atoms with Crippen LogP contribution in [0.1, 0.15) is 11.4 Å². The zero-order valence-electron chi connectivity index (χ0n) is 13.6. The van der Waals surface area contributed by atoms with Crippen molar-refractivity contribution in [3.63, 3.8) is 0 Å². The summed E-state index contributed by atoms with van der Waals surface area (Å²) in [7, 11) is 1.92. The molecule has 3 rings (SSSR count). The second-order valence-corrected chi connectivity index (χ2v) is 7.33. The molecular weight excluding hydrogens is 400 g/mol. The van der Waals surface area contributed by atoms with Crippen molar-refractivity contribution in [3.8, 4) is 0 Å². The molecule has 0 aliphatic heterocycles. The molecule has 5 nitrogen and oxygen atoms in total. The number of hydrogen-bond donors (Lipinski definition) is 1. The summed E-state index contributed by atoms with van der Waals surface area (Å²) in [5.74, 6) is 1.08. The van der Waals surface area contributed by atoms with E-state index in [0.717, 1.165) is 27.6 Å². The van der Waals surface area contributed by atoms with Gasteiger partial charge in [-0.15, -0.1) is 10.2 Å². The number of thioether (sulfide) groups is 1. The molecule has 1 heterocycles. The van der Waals surface area contributed by atoms with Gasteiger partial charge in [0.2, 0.25) is 5.91 Å². The van der Waals surface area contributed by atoms with Crippen LogP contribution in [0.15, 0.2) is 64.2 Å². The van der Waals surface area contributed by atoms with E-state index in [9.17, 15) is 4.79 Å². The molecule has 0 atom stereocenters. The summed E-state index contributed by atoms with van der Waals surface area (Å²) in [4.78, 5) is 12.1. The number of halogens is 1. The quantitative estimate of drug-likeness (QED) is 0.618. The molecule has 128 valence electrons. The Morgan fingerprint density at radius 1 is 1.16 bits per heavy atom. The van der Waals surface area contributed by atoms with Gasteiger partial charge in [-0.05, 0) is 23.8 Å². The first-order valence-corrected chi connectivity index (χ1v) is 9.50. The first-order valence-electron chi connectivity index (χ1n) is 7.72. The SMILES string of the molecule is Cn1c(Cc2ccccc2)nnc1SCC(=O)Nc1cccc(Br)c1. The van der Waals surface area contributed by atoms with Gasteiger partial charge in [-0.1, -0.05) is 64.1 Å². The summed E-state index contributed by atoms with van der Waals surface area (Å²) in [5, 5.41) is 12.0. The third kappa shape index (κ3) is 4.93. The van der Waals surface area contributed by atoms with Crippen LogP contribution >= 0.6 is 27.7 Å². The molecule has 3 aromatic rings. The maximum absolute atomic E-state index is 12.1. The van der Waals surface area contributed by atoms with Crippen LogP contribution in [-0.4, -0.2) is 26.4 Å². The maximum Gasteiger partial charge on any atom is 0.234 e. The average Bonchev–Trinajstić information content (AvgIpc) is 2.94. The number of anilines is 1. The van der Waals surface area contributed by atoms with E-state index in [2.05, 4.69) is 43.6 Å². The zero-order chi connectivity index (χ0) is 17.6. The molecule has 0 unspecified atom stereocenters. The Morgan fingerprint density at radius 3 is 2.72 bits per heavy atom. The minimum absolute atomic E-state index is 0.0734. The van der Waals surface area contributed by atoms with E-state index < -0.39 is 0 Å². The van der Waals surface area contributed by atoms with Gasteiger partial charge in [-0.3, -0.25) is 4.79 Å². The molecule has 0 saturated carbocycles. The van der Waals surface area contributed by atoms with Gasteiger partial charge in [-0.2, -0.15) is 0 Å². The molecule has 0 aliphatic carbocycles. The van der Waals surface area contributed by atoms with Gasteiger partial charge < -0.3 is 9.88 Å². The molecule has 0 bridgehead atoms. The topological polar surface area (TPSA) is 59.8 Å². The van der Waals surface area contributed by atoms with Gasteiger partial charge in [0.25, 0.3) is 0 Å². The van der Waals surface area contributed by atoms with Gasteiger partial charge in [0, 0.05) is 23.6 Å². The Bertz CT molecular complexity index is 867. The van der Waals surface area contributed by atoms with Crippen molar-refractivity contribution >= 4 is 39.3 Å². The number of hydrogen-bond acceptors (Lipinski definition) is 4. The van der Waals surface area contributed by atoms with Crippen LogP contribution in [0.25, 0.3) is 0 Å². The van der Waals surface area contributed by atoms with Crippen molar-refractivity contribution in [2.75, 3.05) is 11.1 Å². The smallest absolute Gasteiger partial charge is 0.234 e. The maximum atomic E-state index is 12.1. The van der Waals surface area contributed by atoms with Crippen molar-refractivity contribution < 1.29 is 4.79 Å². The lowest BCUT2D eigenvalue weighted by molar-refractivity contribution is -0.113. The Labute approximate surface area is 159 Å². The molecule has 0 aliphatic rings. The number of benzene rings is 2. The highest BCUT2D eigenvalue weighted by Gasteiger charge is 2.12. The summed E-state index contributed by atoms with van der Waals surface area (Å²) in [5.41, 5.74) is 1.95. The molecule has 2 aromatic carbocycles. The fraction of sp³-hybridized carbons (Fsp3) is 0.167. The lowest BCUT2D eigenvalue weighted by Crippen LogP contribution is -2.14. The molecule has 25 heavy (non-hydrogen) atoms. The van der Waals surface area contributed by atoms with Crippen molar-refractivity contribution in [3.05, 3.63) is 70.5 Å². The van der Waals surface area contributed by atoms with Crippen LogP contribution in [0.3, 0.4) is 0 Å². The van der Waals surface area contributed by atoms with E-state index in [1.54, 1.807) is 0 Å². The fourth-order valence-electron chi connectivity index (χ4n) is 2.30. The van der Waals surface area contributed by atoms with Gasteiger partial charge in [0.05, 0.1) is 5.75 Å². The molecule has 0 fully saturated rings. The highest BCUT2D eigenvalue weighted by molar-refractivity contribution is 9.10. The van der Waals surface area contributed by atoms with Gasteiger partial charge in [0.15, 0.2) is 5.16 Å². The van der Waals surface area contributed by atoms with Crippen LogP contribution in [0.4, 0.5) is 5.69 Å². The minimum atomic E-state index is -0.0734. The Morgan fingerprint density at radius 2 is 1.96 bits per heavy atom. The van der Waals surface area contributed by atoms with Crippen molar-refractivity contribution in [1.82, 2.24) is 14.8 Å². The van der Waals surface area contributed by atoms with Crippen LogP contribution in [0, 0.1) is 0 Å². The van der Waals surface area contributed by atoms with Gasteiger partial charge in [0.1, 0.15) is 5.82 Å². The summed E-state index contributed by atoms with van der Waals surface area (Å²) in [6, 6.07) is 17.6. The van der Waals surface area contributed by atoms with Crippen molar-refractivity contribution in [2.45, 2.75) is 11.6 Å². The van der Waals surface area contributed by atoms with E-state index in [-0.39, 0.29) is 11.7 Å². The lowest BCUT2D eigenvalue weighted by atomic mass is 10.1. The zero-order valence-corrected chi connectivity index (χ0v) is 16.0.